The number of carbonyl (C=O) groups excluding carboxylic acids is 1. The molecule has 0 saturated carbocycles. The van der Waals surface area contributed by atoms with Crippen LogP contribution in [0.2, 0.25) is 0 Å². The highest BCUT2D eigenvalue weighted by Crippen LogP contribution is 2.33. The summed E-state index contributed by atoms with van der Waals surface area (Å²) in [5.74, 6) is 0.130. The largest absolute Gasteiger partial charge is 0.465 e. The number of amides is 2. The van der Waals surface area contributed by atoms with E-state index in [1.54, 1.807) is 0 Å². The van der Waals surface area contributed by atoms with Gasteiger partial charge in [-0.25, -0.2) is 9.78 Å². The van der Waals surface area contributed by atoms with E-state index in [0.29, 0.717) is 24.9 Å². The molecule has 2 aromatic rings. The maximum Gasteiger partial charge on any atom is 0.404 e. The Kier molecular flexibility index (Phi) is 7.05. The van der Waals surface area contributed by atoms with Crippen LogP contribution in [0.15, 0.2) is 24.4 Å². The lowest BCUT2D eigenvalue weighted by Gasteiger charge is -2.32. The fourth-order valence-corrected chi connectivity index (χ4v) is 3.95. The van der Waals surface area contributed by atoms with Gasteiger partial charge in [-0.2, -0.15) is 4.98 Å². The highest BCUT2D eigenvalue weighted by atomic mass is 16.4. The SMILES string of the molecule is CC(C)(C)c1cc(Nc2nc(N3CCC[C@H](NC(=O)O)C3)ncc2C(N)=O)cc(C(C)(C)C)c1. The molecule has 0 aliphatic carbocycles. The number of aromatic nitrogens is 2. The molecule has 0 unspecified atom stereocenters. The summed E-state index contributed by atoms with van der Waals surface area (Å²) in [7, 11) is 0. The number of primary amides is 1. The van der Waals surface area contributed by atoms with Crippen molar-refractivity contribution in [1.82, 2.24) is 15.3 Å². The molecule has 1 aliphatic heterocycles. The Morgan fingerprint density at radius 3 is 2.24 bits per heavy atom. The van der Waals surface area contributed by atoms with Crippen molar-refractivity contribution < 1.29 is 14.7 Å². The van der Waals surface area contributed by atoms with E-state index in [1.807, 2.05) is 4.90 Å². The van der Waals surface area contributed by atoms with Crippen LogP contribution in [-0.4, -0.2) is 46.2 Å². The van der Waals surface area contributed by atoms with Gasteiger partial charge in [0.05, 0.1) is 0 Å². The lowest BCUT2D eigenvalue weighted by molar-refractivity contribution is 0.100. The molecule has 5 N–H and O–H groups in total. The van der Waals surface area contributed by atoms with Crippen LogP contribution in [0.4, 0.5) is 22.2 Å². The zero-order chi connectivity index (χ0) is 25.3. The van der Waals surface area contributed by atoms with Gasteiger partial charge in [-0.05, 0) is 46.9 Å². The first-order valence-electron chi connectivity index (χ1n) is 11.6. The Morgan fingerprint density at radius 2 is 1.71 bits per heavy atom. The van der Waals surface area contributed by atoms with Crippen molar-refractivity contribution in [2.75, 3.05) is 23.3 Å². The molecule has 9 nitrogen and oxygen atoms in total. The van der Waals surface area contributed by atoms with Crippen LogP contribution in [-0.2, 0) is 10.8 Å². The first-order chi connectivity index (χ1) is 15.7. The van der Waals surface area contributed by atoms with E-state index < -0.39 is 12.0 Å². The summed E-state index contributed by atoms with van der Waals surface area (Å²) in [6, 6.07) is 6.14. The molecule has 2 heterocycles. The first kappa shape index (κ1) is 25.3. The molecule has 1 atom stereocenters. The molecule has 1 aromatic heterocycles. The summed E-state index contributed by atoms with van der Waals surface area (Å²) < 4.78 is 0. The molecular formula is C25H36N6O3. The van der Waals surface area contributed by atoms with E-state index in [9.17, 15) is 9.59 Å². The Labute approximate surface area is 201 Å². The smallest absolute Gasteiger partial charge is 0.404 e. The van der Waals surface area contributed by atoms with Crippen LogP contribution in [0.25, 0.3) is 0 Å². The second-order valence-electron chi connectivity index (χ2n) is 11.0. The molecular weight excluding hydrogens is 432 g/mol. The molecule has 184 valence electrons. The van der Waals surface area contributed by atoms with Crippen LogP contribution in [0.3, 0.4) is 0 Å². The van der Waals surface area contributed by atoms with Gasteiger partial charge in [0.2, 0.25) is 5.95 Å². The highest BCUT2D eigenvalue weighted by Gasteiger charge is 2.25. The van der Waals surface area contributed by atoms with Gasteiger partial charge in [0, 0.05) is 31.0 Å². The average molecular weight is 469 g/mol. The molecule has 0 radical (unpaired) electrons. The minimum atomic E-state index is -1.05. The fourth-order valence-electron chi connectivity index (χ4n) is 3.95. The monoisotopic (exact) mass is 468 g/mol. The number of carbonyl (C=O) groups is 2. The lowest BCUT2D eigenvalue weighted by Crippen LogP contribution is -2.48. The van der Waals surface area contributed by atoms with Crippen molar-refractivity contribution in [1.29, 1.82) is 0 Å². The lowest BCUT2D eigenvalue weighted by atomic mass is 9.80. The molecule has 9 heteroatoms. The van der Waals surface area contributed by atoms with E-state index in [1.165, 1.54) is 6.20 Å². The van der Waals surface area contributed by atoms with Gasteiger partial charge in [-0.1, -0.05) is 47.6 Å². The number of nitrogens with zero attached hydrogens (tertiary/aromatic N) is 3. The highest BCUT2D eigenvalue weighted by molar-refractivity contribution is 5.98. The van der Waals surface area contributed by atoms with Crippen molar-refractivity contribution in [3.05, 3.63) is 41.1 Å². The van der Waals surface area contributed by atoms with Gasteiger partial charge < -0.3 is 26.4 Å². The molecule has 3 rings (SSSR count). The predicted molar refractivity (Wildman–Crippen MR) is 134 cm³/mol. The molecule has 2 amide bonds. The molecule has 0 bridgehead atoms. The standard InChI is InChI=1S/C25H36N6O3/c1-24(2,3)15-10-16(25(4,5)6)12-18(11-15)28-21-19(20(26)32)13-27-22(30-21)31-9-7-8-17(14-31)29-23(33)34/h10-13,17,29H,7-9,14H2,1-6H3,(H2,26,32)(H,33,34)(H,27,28,30)/t17-/m0/s1. The normalized spacial score (nSPS) is 16.8. The van der Waals surface area contributed by atoms with Crippen LogP contribution >= 0.6 is 0 Å². The number of anilines is 3. The quantitative estimate of drug-likeness (QED) is 0.518. The Balaban J connectivity index is 1.99. The number of carboxylic acid groups (broad SMARTS) is 1. The van der Waals surface area contributed by atoms with Crippen LogP contribution in [0, 0.1) is 0 Å². The topological polar surface area (TPSA) is 133 Å². The summed E-state index contributed by atoms with van der Waals surface area (Å²) in [6.45, 7) is 14.1. The number of nitrogens with two attached hydrogens (primary N) is 1. The number of hydrogen-bond donors (Lipinski definition) is 4. The summed E-state index contributed by atoms with van der Waals surface area (Å²) in [4.78, 5) is 34.1. The number of nitrogens with one attached hydrogen (secondary N) is 2. The zero-order valence-corrected chi connectivity index (χ0v) is 20.9. The van der Waals surface area contributed by atoms with E-state index >= 15 is 0 Å². The minimum Gasteiger partial charge on any atom is -0.465 e. The van der Waals surface area contributed by atoms with Crippen LogP contribution in [0.1, 0.15) is 75.9 Å². The Bertz CT molecular complexity index is 1040. The van der Waals surface area contributed by atoms with Crippen molar-refractivity contribution in [3.8, 4) is 0 Å². The predicted octanol–water partition coefficient (Wildman–Crippen LogP) is 4.15. The van der Waals surface area contributed by atoms with Crippen molar-refractivity contribution in [3.63, 3.8) is 0 Å². The van der Waals surface area contributed by atoms with Crippen LogP contribution < -0.4 is 21.3 Å². The first-order valence-corrected chi connectivity index (χ1v) is 11.6. The molecule has 0 spiro atoms. The van der Waals surface area contributed by atoms with E-state index in [-0.39, 0.29) is 22.4 Å². The van der Waals surface area contributed by atoms with Gasteiger partial charge in [0.1, 0.15) is 11.4 Å². The summed E-state index contributed by atoms with van der Waals surface area (Å²) in [6.07, 6.45) is 1.94. The Hall–Kier alpha value is -3.36. The molecule has 1 saturated heterocycles. The van der Waals surface area contributed by atoms with E-state index in [4.69, 9.17) is 10.8 Å². The summed E-state index contributed by atoms with van der Waals surface area (Å²) >= 11 is 0. The van der Waals surface area contributed by atoms with Gasteiger partial charge in [-0.3, -0.25) is 4.79 Å². The third kappa shape index (κ3) is 6.15. The maximum absolute atomic E-state index is 12.1. The zero-order valence-electron chi connectivity index (χ0n) is 20.9. The van der Waals surface area contributed by atoms with E-state index in [2.05, 4.69) is 80.3 Å². The van der Waals surface area contributed by atoms with Gasteiger partial charge >= 0.3 is 6.09 Å². The number of benzene rings is 1. The Morgan fingerprint density at radius 1 is 1.09 bits per heavy atom. The third-order valence-corrected chi connectivity index (χ3v) is 6.00. The maximum atomic E-state index is 12.1. The average Bonchev–Trinajstić information content (AvgIpc) is 2.72. The van der Waals surface area contributed by atoms with Gasteiger partial charge in [0.25, 0.3) is 5.91 Å². The van der Waals surface area contributed by atoms with Gasteiger partial charge in [-0.15, -0.1) is 0 Å². The summed E-state index contributed by atoms with van der Waals surface area (Å²) in [5.41, 5.74) is 8.82. The van der Waals surface area contributed by atoms with Crippen molar-refractivity contribution in [2.24, 2.45) is 5.73 Å². The molecule has 1 aliphatic rings. The number of hydrogen-bond acceptors (Lipinski definition) is 6. The van der Waals surface area contributed by atoms with Gasteiger partial charge in [0.15, 0.2) is 0 Å². The molecule has 1 fully saturated rings. The van der Waals surface area contributed by atoms with Crippen LogP contribution in [0.5, 0.6) is 0 Å². The second-order valence-corrected chi connectivity index (χ2v) is 11.0. The van der Waals surface area contributed by atoms with E-state index in [0.717, 1.165) is 29.7 Å². The third-order valence-electron chi connectivity index (χ3n) is 6.00. The second kappa shape index (κ2) is 9.48. The van der Waals surface area contributed by atoms with Crippen molar-refractivity contribution in [2.45, 2.75) is 71.3 Å². The minimum absolute atomic E-state index is 0.0685. The summed E-state index contributed by atoms with van der Waals surface area (Å²) in [5, 5.41) is 14.9. The number of piperidine rings is 1. The molecule has 1 aromatic carbocycles. The molecule has 34 heavy (non-hydrogen) atoms. The fraction of sp³-hybridized carbons (Fsp3) is 0.520. The number of rotatable bonds is 5. The van der Waals surface area contributed by atoms with Crippen molar-refractivity contribution >= 4 is 29.5 Å².